The van der Waals surface area contributed by atoms with Gasteiger partial charge in [0.25, 0.3) is 0 Å². The van der Waals surface area contributed by atoms with E-state index in [4.69, 9.17) is 4.74 Å². The summed E-state index contributed by atoms with van der Waals surface area (Å²) in [5.41, 5.74) is 0.335. The second kappa shape index (κ2) is 8.30. The molecule has 1 unspecified atom stereocenters. The average molecular weight is 374 g/mol. The van der Waals surface area contributed by atoms with Crippen molar-refractivity contribution in [2.45, 2.75) is 45.6 Å². The Balaban J connectivity index is 1.63. The van der Waals surface area contributed by atoms with Crippen LogP contribution in [0.4, 0.5) is 0 Å². The third kappa shape index (κ3) is 3.95. The Bertz CT molecular complexity index is 693. The van der Waals surface area contributed by atoms with Gasteiger partial charge in [-0.1, -0.05) is 31.5 Å². The number of nitrogens with one attached hydrogen (secondary N) is 1. The summed E-state index contributed by atoms with van der Waals surface area (Å²) in [6.07, 6.45) is 3.41. The number of carbonyl (C=O) groups is 2. The number of amides is 1. The SMILES string of the molecule is CCOc1ccccc1C(CC)NC(=O)CN1C[C@@H]2CCC[C@@]2(C(=O)O)C1. The Morgan fingerprint density at radius 3 is 2.81 bits per heavy atom. The number of nitrogens with zero attached hydrogens (tertiary/aromatic N) is 1. The number of para-hydroxylation sites is 1. The molecule has 1 aliphatic carbocycles. The Hall–Kier alpha value is -2.08. The van der Waals surface area contributed by atoms with Gasteiger partial charge in [-0.2, -0.15) is 0 Å². The number of hydrogen-bond acceptors (Lipinski definition) is 4. The Kier molecular flexibility index (Phi) is 6.05. The second-order valence-corrected chi connectivity index (χ2v) is 7.72. The molecule has 2 N–H and O–H groups in total. The first-order chi connectivity index (χ1) is 13.0. The summed E-state index contributed by atoms with van der Waals surface area (Å²) < 4.78 is 5.70. The molecule has 6 nitrogen and oxygen atoms in total. The molecule has 0 bridgehead atoms. The molecule has 6 heteroatoms. The lowest BCUT2D eigenvalue weighted by molar-refractivity contribution is -0.149. The molecule has 2 fully saturated rings. The van der Waals surface area contributed by atoms with Crippen LogP contribution < -0.4 is 10.1 Å². The molecule has 0 radical (unpaired) electrons. The predicted molar refractivity (Wildman–Crippen MR) is 103 cm³/mol. The molecule has 2 aliphatic rings. The topological polar surface area (TPSA) is 78.9 Å². The van der Waals surface area contributed by atoms with E-state index in [-0.39, 0.29) is 24.4 Å². The van der Waals surface area contributed by atoms with Gasteiger partial charge >= 0.3 is 5.97 Å². The maximum Gasteiger partial charge on any atom is 0.311 e. The van der Waals surface area contributed by atoms with Crippen molar-refractivity contribution in [2.24, 2.45) is 11.3 Å². The number of fused-ring (bicyclic) bond motifs is 1. The maximum atomic E-state index is 12.7. The zero-order valence-electron chi connectivity index (χ0n) is 16.2. The van der Waals surface area contributed by atoms with Gasteiger partial charge in [0.2, 0.25) is 5.91 Å². The summed E-state index contributed by atoms with van der Waals surface area (Å²) in [6, 6.07) is 7.67. The van der Waals surface area contributed by atoms with Crippen LogP contribution in [-0.4, -0.2) is 48.1 Å². The van der Waals surface area contributed by atoms with Crippen molar-refractivity contribution >= 4 is 11.9 Å². The molecule has 1 saturated carbocycles. The van der Waals surface area contributed by atoms with Crippen molar-refractivity contribution in [2.75, 3.05) is 26.2 Å². The van der Waals surface area contributed by atoms with Crippen LogP contribution in [0.25, 0.3) is 0 Å². The fourth-order valence-electron chi connectivity index (χ4n) is 4.76. The van der Waals surface area contributed by atoms with Gasteiger partial charge in [-0.3, -0.25) is 14.5 Å². The van der Waals surface area contributed by atoms with Gasteiger partial charge < -0.3 is 15.2 Å². The van der Waals surface area contributed by atoms with Crippen LogP contribution in [0.3, 0.4) is 0 Å². The molecule has 3 rings (SSSR count). The minimum atomic E-state index is -0.704. The van der Waals surface area contributed by atoms with Gasteiger partial charge in [0.1, 0.15) is 5.75 Å². The van der Waals surface area contributed by atoms with Crippen LogP contribution in [0, 0.1) is 11.3 Å². The smallest absolute Gasteiger partial charge is 0.311 e. The summed E-state index contributed by atoms with van der Waals surface area (Å²) in [5, 5.41) is 12.8. The van der Waals surface area contributed by atoms with Crippen molar-refractivity contribution in [3.63, 3.8) is 0 Å². The number of hydrogen-bond donors (Lipinski definition) is 2. The van der Waals surface area contributed by atoms with E-state index in [1.165, 1.54) is 0 Å². The van der Waals surface area contributed by atoms with Crippen LogP contribution in [-0.2, 0) is 9.59 Å². The van der Waals surface area contributed by atoms with Gasteiger partial charge in [-0.25, -0.2) is 0 Å². The van der Waals surface area contributed by atoms with Crippen molar-refractivity contribution < 1.29 is 19.4 Å². The van der Waals surface area contributed by atoms with E-state index < -0.39 is 11.4 Å². The standard InChI is InChI=1S/C21H30N2O4/c1-3-17(16-9-5-6-10-18(16)27-4-2)22-19(24)13-23-12-15-8-7-11-21(15,14-23)20(25)26/h5-6,9-10,15,17H,3-4,7-8,11-14H2,1-2H3,(H,22,24)(H,25,26)/t15-,17?,21+/m0/s1. The lowest BCUT2D eigenvalue weighted by atomic mass is 9.81. The molecule has 1 aromatic carbocycles. The van der Waals surface area contributed by atoms with E-state index in [0.29, 0.717) is 19.7 Å². The predicted octanol–water partition coefficient (Wildman–Crippen LogP) is 2.84. The monoisotopic (exact) mass is 374 g/mol. The number of ether oxygens (including phenoxy) is 1. The van der Waals surface area contributed by atoms with Crippen molar-refractivity contribution in [1.82, 2.24) is 10.2 Å². The van der Waals surface area contributed by atoms with Crippen LogP contribution in [0.15, 0.2) is 24.3 Å². The molecule has 1 heterocycles. The van der Waals surface area contributed by atoms with Gasteiger partial charge in [0.05, 0.1) is 24.6 Å². The number of carbonyl (C=O) groups excluding carboxylic acids is 1. The Labute approximate surface area is 160 Å². The van der Waals surface area contributed by atoms with E-state index in [1.807, 2.05) is 43.0 Å². The summed E-state index contributed by atoms with van der Waals surface area (Å²) in [6.45, 7) is 5.98. The first-order valence-electron chi connectivity index (χ1n) is 9.97. The summed E-state index contributed by atoms with van der Waals surface area (Å²) in [5.74, 6) is 0.204. The minimum absolute atomic E-state index is 0.0614. The normalized spacial score (nSPS) is 25.8. The molecule has 1 saturated heterocycles. The molecular formula is C21H30N2O4. The lowest BCUT2D eigenvalue weighted by Crippen LogP contribution is -2.40. The van der Waals surface area contributed by atoms with Gasteiger partial charge in [-0.15, -0.1) is 0 Å². The average Bonchev–Trinajstić information content (AvgIpc) is 3.18. The summed E-state index contributed by atoms with van der Waals surface area (Å²) >= 11 is 0. The summed E-state index contributed by atoms with van der Waals surface area (Å²) in [4.78, 5) is 26.5. The van der Waals surface area contributed by atoms with Gasteiger partial charge in [-0.05, 0) is 38.2 Å². The van der Waals surface area contributed by atoms with E-state index in [9.17, 15) is 14.7 Å². The Morgan fingerprint density at radius 1 is 1.37 bits per heavy atom. The largest absolute Gasteiger partial charge is 0.494 e. The molecule has 3 atom stereocenters. The molecule has 0 spiro atoms. The van der Waals surface area contributed by atoms with Crippen molar-refractivity contribution in [3.8, 4) is 5.75 Å². The fraction of sp³-hybridized carbons (Fsp3) is 0.619. The second-order valence-electron chi connectivity index (χ2n) is 7.72. The van der Waals surface area contributed by atoms with Crippen LogP contribution in [0.5, 0.6) is 5.75 Å². The molecular weight excluding hydrogens is 344 g/mol. The van der Waals surface area contributed by atoms with Crippen LogP contribution >= 0.6 is 0 Å². The first kappa shape index (κ1) is 19.7. The third-order valence-electron chi connectivity index (χ3n) is 6.07. The zero-order chi connectivity index (χ0) is 19.4. The highest BCUT2D eigenvalue weighted by molar-refractivity contribution is 5.80. The quantitative estimate of drug-likeness (QED) is 0.731. The number of likely N-dealkylation sites (tertiary alicyclic amines) is 1. The molecule has 1 aliphatic heterocycles. The number of carboxylic acids is 1. The number of carboxylic acid groups (broad SMARTS) is 1. The zero-order valence-corrected chi connectivity index (χ0v) is 16.2. The minimum Gasteiger partial charge on any atom is -0.494 e. The maximum absolute atomic E-state index is 12.7. The molecule has 148 valence electrons. The molecule has 1 amide bonds. The van der Waals surface area contributed by atoms with Crippen LogP contribution in [0.1, 0.15) is 51.1 Å². The van der Waals surface area contributed by atoms with Gasteiger partial charge in [0.15, 0.2) is 0 Å². The van der Waals surface area contributed by atoms with E-state index in [2.05, 4.69) is 5.32 Å². The Morgan fingerprint density at radius 2 is 2.15 bits per heavy atom. The first-order valence-corrected chi connectivity index (χ1v) is 9.97. The highest BCUT2D eigenvalue weighted by atomic mass is 16.5. The number of aliphatic carboxylic acids is 1. The number of benzene rings is 1. The molecule has 27 heavy (non-hydrogen) atoms. The lowest BCUT2D eigenvalue weighted by Gasteiger charge is -2.24. The highest BCUT2D eigenvalue weighted by Crippen LogP contribution is 2.48. The van der Waals surface area contributed by atoms with Gasteiger partial charge in [0, 0.05) is 18.7 Å². The van der Waals surface area contributed by atoms with E-state index in [0.717, 1.165) is 37.0 Å². The van der Waals surface area contributed by atoms with E-state index >= 15 is 0 Å². The summed E-state index contributed by atoms with van der Waals surface area (Å²) in [7, 11) is 0. The molecule has 0 aromatic heterocycles. The highest BCUT2D eigenvalue weighted by Gasteiger charge is 2.54. The molecule has 1 aromatic rings. The number of rotatable bonds is 8. The van der Waals surface area contributed by atoms with E-state index in [1.54, 1.807) is 0 Å². The van der Waals surface area contributed by atoms with Crippen LogP contribution in [0.2, 0.25) is 0 Å². The van der Waals surface area contributed by atoms with Crippen molar-refractivity contribution in [3.05, 3.63) is 29.8 Å². The van der Waals surface area contributed by atoms with Crippen molar-refractivity contribution in [1.29, 1.82) is 0 Å². The third-order valence-corrected chi connectivity index (χ3v) is 6.07. The fourth-order valence-corrected chi connectivity index (χ4v) is 4.76.